The molecule has 0 saturated carbocycles. The molecule has 1 aliphatic heterocycles. The Hall–Kier alpha value is -1.89. The average molecular weight is 275 g/mol. The van der Waals surface area contributed by atoms with Crippen LogP contribution >= 0.6 is 0 Å². The van der Waals surface area contributed by atoms with Gasteiger partial charge < -0.3 is 10.6 Å². The van der Waals surface area contributed by atoms with Gasteiger partial charge in [0.2, 0.25) is 5.95 Å². The number of hydrogen-bond donors (Lipinski definition) is 2. The number of aromatic nitrogens is 5. The molecule has 1 saturated heterocycles. The van der Waals surface area contributed by atoms with Crippen molar-refractivity contribution in [3.63, 3.8) is 0 Å². The Morgan fingerprint density at radius 3 is 2.55 bits per heavy atom. The number of aryl methyl sites for hydroxylation is 2. The van der Waals surface area contributed by atoms with Crippen molar-refractivity contribution in [2.75, 3.05) is 18.0 Å². The van der Waals surface area contributed by atoms with Gasteiger partial charge in [0.1, 0.15) is 0 Å². The summed E-state index contributed by atoms with van der Waals surface area (Å²) >= 11 is 0. The van der Waals surface area contributed by atoms with E-state index in [9.17, 15) is 0 Å². The molecule has 1 fully saturated rings. The number of aromatic amines is 1. The summed E-state index contributed by atoms with van der Waals surface area (Å²) in [6.07, 6.45) is 1.99. The lowest BCUT2D eigenvalue weighted by atomic mass is 10.1. The second kappa shape index (κ2) is 4.90. The minimum atomic E-state index is 0.312. The van der Waals surface area contributed by atoms with Crippen molar-refractivity contribution in [1.29, 1.82) is 0 Å². The lowest BCUT2D eigenvalue weighted by Gasteiger charge is -2.28. The van der Waals surface area contributed by atoms with Crippen molar-refractivity contribution in [3.8, 4) is 11.4 Å². The smallest absolute Gasteiger partial charge is 0.245 e. The second-order valence-electron chi connectivity index (χ2n) is 5.48. The lowest BCUT2D eigenvalue weighted by Crippen LogP contribution is -2.40. The van der Waals surface area contributed by atoms with Crippen LogP contribution < -0.4 is 10.6 Å². The minimum Gasteiger partial charge on any atom is -0.339 e. The van der Waals surface area contributed by atoms with Gasteiger partial charge in [-0.05, 0) is 26.7 Å². The van der Waals surface area contributed by atoms with Gasteiger partial charge in [-0.1, -0.05) is 0 Å². The minimum absolute atomic E-state index is 0.312. The van der Waals surface area contributed by atoms with Gasteiger partial charge in [0, 0.05) is 31.9 Å². The Morgan fingerprint density at radius 1 is 1.25 bits per heavy atom. The van der Waals surface area contributed by atoms with Gasteiger partial charge in [-0.25, -0.2) is 0 Å². The van der Waals surface area contributed by atoms with Crippen LogP contribution in [0, 0.1) is 13.8 Å². The molecule has 0 spiro atoms. The van der Waals surface area contributed by atoms with Gasteiger partial charge in [0.15, 0.2) is 5.82 Å². The quantitative estimate of drug-likeness (QED) is 0.844. The Balaban J connectivity index is 1.87. The molecule has 0 amide bonds. The highest BCUT2D eigenvalue weighted by molar-refractivity contribution is 5.62. The average Bonchev–Trinajstić information content (AvgIpc) is 2.97. The number of H-pyrrole nitrogens is 1. The summed E-state index contributed by atoms with van der Waals surface area (Å²) in [5.74, 6) is 1.55. The van der Waals surface area contributed by atoms with Gasteiger partial charge >= 0.3 is 0 Å². The highest BCUT2D eigenvalue weighted by Gasteiger charge is 2.21. The molecular weight excluding hydrogens is 254 g/mol. The van der Waals surface area contributed by atoms with Gasteiger partial charge in [-0.3, -0.25) is 9.78 Å². The zero-order valence-corrected chi connectivity index (χ0v) is 12.2. The van der Waals surface area contributed by atoms with E-state index in [0.717, 1.165) is 54.7 Å². The zero-order chi connectivity index (χ0) is 14.3. The van der Waals surface area contributed by atoms with Crippen LogP contribution in [0.3, 0.4) is 0 Å². The molecule has 0 radical (unpaired) electrons. The Kier molecular flexibility index (Phi) is 3.21. The summed E-state index contributed by atoms with van der Waals surface area (Å²) in [4.78, 5) is 6.81. The number of piperidine rings is 1. The van der Waals surface area contributed by atoms with Crippen LogP contribution in [0.25, 0.3) is 11.4 Å². The van der Waals surface area contributed by atoms with E-state index in [1.165, 1.54) is 0 Å². The van der Waals surface area contributed by atoms with Crippen molar-refractivity contribution in [2.45, 2.75) is 32.7 Å². The molecule has 0 bridgehead atoms. The summed E-state index contributed by atoms with van der Waals surface area (Å²) < 4.78 is 1.87. The predicted octanol–water partition coefficient (Wildman–Crippen LogP) is 0.750. The van der Waals surface area contributed by atoms with Crippen LogP contribution in [0.1, 0.15) is 24.2 Å². The highest BCUT2D eigenvalue weighted by Crippen LogP contribution is 2.25. The van der Waals surface area contributed by atoms with Crippen LogP contribution in [0.2, 0.25) is 0 Å². The number of rotatable bonds is 2. The normalized spacial score (nSPS) is 16.9. The van der Waals surface area contributed by atoms with Crippen molar-refractivity contribution in [1.82, 2.24) is 25.0 Å². The molecule has 3 N–H and O–H groups in total. The fourth-order valence-corrected chi connectivity index (χ4v) is 2.72. The van der Waals surface area contributed by atoms with E-state index < -0.39 is 0 Å². The lowest BCUT2D eigenvalue weighted by molar-refractivity contribution is 0.496. The van der Waals surface area contributed by atoms with Gasteiger partial charge in [0.05, 0.1) is 11.3 Å². The number of nitrogens with zero attached hydrogens (tertiary/aromatic N) is 5. The summed E-state index contributed by atoms with van der Waals surface area (Å²) in [7, 11) is 1.94. The number of hydrogen-bond acceptors (Lipinski definition) is 5. The van der Waals surface area contributed by atoms with Crippen LogP contribution in [-0.4, -0.2) is 44.1 Å². The summed E-state index contributed by atoms with van der Waals surface area (Å²) in [6.45, 7) is 5.87. The topological polar surface area (TPSA) is 88.7 Å². The molecule has 108 valence electrons. The molecule has 0 aromatic carbocycles. The third-order valence-electron chi connectivity index (χ3n) is 4.04. The van der Waals surface area contributed by atoms with Crippen LogP contribution in [0.5, 0.6) is 0 Å². The van der Waals surface area contributed by atoms with E-state index in [1.54, 1.807) is 0 Å². The van der Waals surface area contributed by atoms with Crippen molar-refractivity contribution >= 4 is 5.95 Å². The van der Waals surface area contributed by atoms with E-state index in [2.05, 4.69) is 25.2 Å². The van der Waals surface area contributed by atoms with Crippen LogP contribution in [0.15, 0.2) is 0 Å². The highest BCUT2D eigenvalue weighted by atomic mass is 15.4. The third-order valence-corrected chi connectivity index (χ3v) is 4.04. The predicted molar refractivity (Wildman–Crippen MR) is 77.5 cm³/mol. The Morgan fingerprint density at radius 2 is 1.95 bits per heavy atom. The number of nitrogens with two attached hydrogens (primary N) is 1. The Bertz CT molecular complexity index is 604. The molecule has 7 nitrogen and oxygen atoms in total. The number of nitrogens with one attached hydrogen (secondary N) is 1. The van der Waals surface area contributed by atoms with Crippen LogP contribution in [0.4, 0.5) is 5.95 Å². The first-order valence-corrected chi connectivity index (χ1v) is 6.99. The van der Waals surface area contributed by atoms with E-state index in [4.69, 9.17) is 5.73 Å². The molecule has 0 aliphatic carbocycles. The van der Waals surface area contributed by atoms with Gasteiger partial charge in [-0.2, -0.15) is 10.1 Å². The molecule has 3 heterocycles. The fraction of sp³-hybridized carbons (Fsp3) is 0.615. The molecule has 0 atom stereocenters. The maximum atomic E-state index is 5.93. The fourth-order valence-electron chi connectivity index (χ4n) is 2.72. The van der Waals surface area contributed by atoms with Crippen LogP contribution in [-0.2, 0) is 7.05 Å². The van der Waals surface area contributed by atoms with E-state index in [1.807, 2.05) is 25.6 Å². The molecule has 0 unspecified atom stereocenters. The third kappa shape index (κ3) is 2.18. The molecule has 1 aliphatic rings. The molecule has 2 aromatic heterocycles. The van der Waals surface area contributed by atoms with E-state index in [0.29, 0.717) is 6.04 Å². The first-order chi connectivity index (χ1) is 9.56. The standard InChI is InChI=1S/C13H21N7/c1-8-11(9(2)19(3)18-8)12-15-13(17-16-12)20-6-4-10(14)5-7-20/h10H,4-7,14H2,1-3H3,(H,15,16,17). The first kappa shape index (κ1) is 13.1. The molecule has 20 heavy (non-hydrogen) atoms. The monoisotopic (exact) mass is 275 g/mol. The van der Waals surface area contributed by atoms with Crippen molar-refractivity contribution in [2.24, 2.45) is 12.8 Å². The van der Waals surface area contributed by atoms with Gasteiger partial charge in [0.25, 0.3) is 0 Å². The summed E-state index contributed by atoms with van der Waals surface area (Å²) in [5, 5.41) is 11.8. The first-order valence-electron chi connectivity index (χ1n) is 6.99. The molecule has 3 rings (SSSR count). The summed E-state index contributed by atoms with van der Waals surface area (Å²) in [5.41, 5.74) is 9.02. The van der Waals surface area contributed by atoms with E-state index in [-0.39, 0.29) is 0 Å². The zero-order valence-electron chi connectivity index (χ0n) is 12.2. The maximum Gasteiger partial charge on any atom is 0.245 e. The molecule has 2 aromatic rings. The number of anilines is 1. The molecule has 7 heteroatoms. The SMILES string of the molecule is Cc1nn(C)c(C)c1-c1nc(N2CCC(N)CC2)n[nH]1. The van der Waals surface area contributed by atoms with Crippen molar-refractivity contribution < 1.29 is 0 Å². The molecular formula is C13H21N7. The summed E-state index contributed by atoms with van der Waals surface area (Å²) in [6, 6.07) is 0.312. The Labute approximate surface area is 118 Å². The van der Waals surface area contributed by atoms with Gasteiger partial charge in [-0.15, -0.1) is 5.10 Å². The van der Waals surface area contributed by atoms with E-state index >= 15 is 0 Å². The second-order valence-corrected chi connectivity index (χ2v) is 5.48. The maximum absolute atomic E-state index is 5.93. The van der Waals surface area contributed by atoms with Crippen molar-refractivity contribution in [3.05, 3.63) is 11.4 Å². The largest absolute Gasteiger partial charge is 0.339 e.